The van der Waals surface area contributed by atoms with Crippen molar-refractivity contribution in [3.05, 3.63) is 30.1 Å². The standard InChI is InChI=1S/C10H9N3O2S.C2H6/c1-7-2-3-8-10(12-7)16(14)6-13-9(15-8)4-5-11-13;1-2/h2-5H,6H2,1H3;1-2H3. The van der Waals surface area contributed by atoms with Crippen molar-refractivity contribution < 1.29 is 8.95 Å². The summed E-state index contributed by atoms with van der Waals surface area (Å²) in [6, 6.07) is 5.37. The molecule has 0 aromatic carbocycles. The highest BCUT2D eigenvalue weighted by molar-refractivity contribution is 7.84. The van der Waals surface area contributed by atoms with E-state index in [0.717, 1.165) is 5.69 Å². The molecule has 18 heavy (non-hydrogen) atoms. The van der Waals surface area contributed by atoms with Gasteiger partial charge in [-0.1, -0.05) is 13.8 Å². The lowest BCUT2D eigenvalue weighted by atomic mass is 10.4. The summed E-state index contributed by atoms with van der Waals surface area (Å²) >= 11 is 0. The van der Waals surface area contributed by atoms with Crippen LogP contribution in [0.15, 0.2) is 29.4 Å². The molecule has 2 aromatic rings. The lowest BCUT2D eigenvalue weighted by Gasteiger charge is -2.04. The van der Waals surface area contributed by atoms with Gasteiger partial charge >= 0.3 is 0 Å². The molecule has 0 aliphatic carbocycles. The van der Waals surface area contributed by atoms with Crippen molar-refractivity contribution >= 4 is 10.8 Å². The highest BCUT2D eigenvalue weighted by Crippen LogP contribution is 2.30. The van der Waals surface area contributed by atoms with Crippen LogP contribution >= 0.6 is 0 Å². The molecule has 1 aliphatic heterocycles. The third-order valence-corrected chi connectivity index (χ3v) is 3.51. The maximum absolute atomic E-state index is 12.0. The van der Waals surface area contributed by atoms with E-state index < -0.39 is 10.8 Å². The zero-order valence-corrected chi connectivity index (χ0v) is 11.4. The quantitative estimate of drug-likeness (QED) is 0.734. The van der Waals surface area contributed by atoms with Gasteiger partial charge in [-0.25, -0.2) is 9.67 Å². The van der Waals surface area contributed by atoms with Gasteiger partial charge in [0.25, 0.3) is 0 Å². The molecule has 0 amide bonds. The Morgan fingerprint density at radius 1 is 1.33 bits per heavy atom. The Hall–Kier alpha value is -1.69. The molecule has 0 bridgehead atoms. The van der Waals surface area contributed by atoms with Crippen LogP contribution in [0.5, 0.6) is 11.6 Å². The lowest BCUT2D eigenvalue weighted by Crippen LogP contribution is -2.05. The second-order valence-electron chi connectivity index (χ2n) is 3.50. The van der Waals surface area contributed by atoms with Crippen LogP contribution < -0.4 is 4.74 Å². The first-order valence-electron chi connectivity index (χ1n) is 5.80. The summed E-state index contributed by atoms with van der Waals surface area (Å²) in [7, 11) is -1.22. The second-order valence-corrected chi connectivity index (χ2v) is 4.84. The van der Waals surface area contributed by atoms with Crippen LogP contribution in [-0.4, -0.2) is 19.0 Å². The van der Waals surface area contributed by atoms with E-state index in [4.69, 9.17) is 4.74 Å². The second kappa shape index (κ2) is 5.30. The van der Waals surface area contributed by atoms with Crippen molar-refractivity contribution in [3.63, 3.8) is 0 Å². The first-order valence-corrected chi connectivity index (χ1v) is 7.11. The minimum absolute atomic E-state index is 0.284. The Balaban J connectivity index is 0.000000574. The van der Waals surface area contributed by atoms with Crippen LogP contribution in [0.25, 0.3) is 0 Å². The molecule has 0 saturated carbocycles. The Labute approximate surface area is 108 Å². The minimum atomic E-state index is -1.22. The Morgan fingerprint density at radius 2 is 2.11 bits per heavy atom. The molecular formula is C12H15N3O2S. The maximum Gasteiger partial charge on any atom is 0.218 e. The summed E-state index contributed by atoms with van der Waals surface area (Å²) in [6.45, 7) is 5.86. The average Bonchev–Trinajstić information content (AvgIpc) is 2.76. The summed E-state index contributed by atoms with van der Waals surface area (Å²) in [5.41, 5.74) is 0.829. The van der Waals surface area contributed by atoms with Gasteiger partial charge in [-0.2, -0.15) is 5.10 Å². The van der Waals surface area contributed by atoms with E-state index in [-0.39, 0.29) is 5.88 Å². The maximum atomic E-state index is 12.0. The van der Waals surface area contributed by atoms with Crippen LogP contribution in [0.1, 0.15) is 19.5 Å². The minimum Gasteiger partial charge on any atom is -0.436 e. The molecule has 3 rings (SSSR count). The fourth-order valence-electron chi connectivity index (χ4n) is 1.55. The molecule has 1 atom stereocenters. The number of pyridine rings is 1. The lowest BCUT2D eigenvalue weighted by molar-refractivity contribution is 0.422. The van der Waals surface area contributed by atoms with E-state index in [2.05, 4.69) is 10.1 Å². The fourth-order valence-corrected chi connectivity index (χ4v) is 2.67. The Morgan fingerprint density at radius 3 is 2.89 bits per heavy atom. The van der Waals surface area contributed by atoms with Crippen molar-refractivity contribution in [2.24, 2.45) is 0 Å². The first-order chi connectivity index (χ1) is 8.74. The number of nitrogens with zero attached hydrogens (tertiary/aromatic N) is 3. The normalized spacial score (nSPS) is 16.5. The molecule has 1 aliphatic rings. The number of aromatic nitrogens is 3. The molecule has 0 saturated heterocycles. The summed E-state index contributed by atoms with van der Waals surface area (Å²) in [4.78, 5) is 4.25. The SMILES string of the molecule is CC.Cc1ccc2c(n1)S(=O)Cn1nccc1O2. The number of rotatable bonds is 0. The van der Waals surface area contributed by atoms with Gasteiger partial charge < -0.3 is 4.74 Å². The number of aryl methyl sites for hydroxylation is 1. The number of ether oxygens (including phenoxy) is 1. The van der Waals surface area contributed by atoms with Crippen molar-refractivity contribution in [3.8, 4) is 11.6 Å². The third-order valence-electron chi connectivity index (χ3n) is 2.31. The fraction of sp³-hybridized carbons (Fsp3) is 0.333. The number of hydrogen-bond acceptors (Lipinski definition) is 4. The smallest absolute Gasteiger partial charge is 0.218 e. The first kappa shape index (κ1) is 12.8. The van der Waals surface area contributed by atoms with Crippen LogP contribution in [0.2, 0.25) is 0 Å². The Bertz CT molecular complexity index is 580. The largest absolute Gasteiger partial charge is 0.436 e. The molecule has 5 nitrogen and oxygen atoms in total. The third kappa shape index (κ3) is 2.28. The van der Waals surface area contributed by atoms with Gasteiger partial charge in [-0.3, -0.25) is 4.21 Å². The zero-order chi connectivity index (χ0) is 13.1. The van der Waals surface area contributed by atoms with Crippen LogP contribution in [-0.2, 0) is 16.7 Å². The van der Waals surface area contributed by atoms with Gasteiger partial charge in [0.2, 0.25) is 5.88 Å². The van der Waals surface area contributed by atoms with Crippen LogP contribution in [0.3, 0.4) is 0 Å². The molecule has 0 spiro atoms. The topological polar surface area (TPSA) is 57.0 Å². The van der Waals surface area contributed by atoms with E-state index in [9.17, 15) is 4.21 Å². The van der Waals surface area contributed by atoms with Gasteiger partial charge in [0.05, 0.1) is 17.0 Å². The molecule has 2 aromatic heterocycles. The van der Waals surface area contributed by atoms with Gasteiger partial charge in [0.1, 0.15) is 5.88 Å². The van der Waals surface area contributed by atoms with Gasteiger partial charge in [-0.05, 0) is 19.1 Å². The van der Waals surface area contributed by atoms with Gasteiger partial charge in [0.15, 0.2) is 10.8 Å². The van der Waals surface area contributed by atoms with E-state index in [1.165, 1.54) is 0 Å². The molecule has 0 fully saturated rings. The molecule has 96 valence electrons. The highest BCUT2D eigenvalue weighted by Gasteiger charge is 2.21. The monoisotopic (exact) mass is 265 g/mol. The van der Waals surface area contributed by atoms with Crippen molar-refractivity contribution in [2.75, 3.05) is 0 Å². The number of fused-ring (bicyclic) bond motifs is 2. The average molecular weight is 265 g/mol. The molecule has 0 radical (unpaired) electrons. The van der Waals surface area contributed by atoms with Gasteiger partial charge in [-0.15, -0.1) is 0 Å². The Kier molecular flexibility index (Phi) is 3.76. The molecule has 3 heterocycles. The predicted octanol–water partition coefficient (Wildman–Crippen LogP) is 2.48. The summed E-state index contributed by atoms with van der Waals surface area (Å²) in [5.74, 6) is 1.42. The molecular weight excluding hydrogens is 250 g/mol. The van der Waals surface area contributed by atoms with Gasteiger partial charge in [0, 0.05) is 11.8 Å². The molecule has 0 N–H and O–H groups in total. The van der Waals surface area contributed by atoms with E-state index in [0.29, 0.717) is 16.7 Å². The summed E-state index contributed by atoms with van der Waals surface area (Å²) in [5, 5.41) is 4.53. The zero-order valence-electron chi connectivity index (χ0n) is 10.6. The molecule has 1 unspecified atom stereocenters. The van der Waals surface area contributed by atoms with Crippen molar-refractivity contribution in [1.29, 1.82) is 0 Å². The van der Waals surface area contributed by atoms with Crippen molar-refractivity contribution in [2.45, 2.75) is 31.7 Å². The van der Waals surface area contributed by atoms with E-state index >= 15 is 0 Å². The van der Waals surface area contributed by atoms with Crippen LogP contribution in [0.4, 0.5) is 0 Å². The van der Waals surface area contributed by atoms with E-state index in [1.807, 2.05) is 26.8 Å². The van der Waals surface area contributed by atoms with Crippen LogP contribution in [0, 0.1) is 6.92 Å². The molecule has 6 heteroatoms. The predicted molar refractivity (Wildman–Crippen MR) is 69.0 cm³/mol. The van der Waals surface area contributed by atoms with E-state index in [1.54, 1.807) is 23.0 Å². The van der Waals surface area contributed by atoms with Crippen molar-refractivity contribution in [1.82, 2.24) is 14.8 Å². The number of hydrogen-bond donors (Lipinski definition) is 0. The highest BCUT2D eigenvalue weighted by atomic mass is 32.2. The summed E-state index contributed by atoms with van der Waals surface area (Å²) < 4.78 is 19.2. The summed E-state index contributed by atoms with van der Waals surface area (Å²) in [6.07, 6.45) is 1.62.